The summed E-state index contributed by atoms with van der Waals surface area (Å²) >= 11 is 0. The summed E-state index contributed by atoms with van der Waals surface area (Å²) < 4.78 is 0. The van der Waals surface area contributed by atoms with Crippen molar-refractivity contribution in [1.29, 1.82) is 0 Å². The van der Waals surface area contributed by atoms with E-state index in [0.717, 1.165) is 5.56 Å². The van der Waals surface area contributed by atoms with E-state index in [1.807, 2.05) is 0 Å². The zero-order valence-corrected chi connectivity index (χ0v) is 18.4. The number of rotatable bonds is 4. The molecule has 0 spiro atoms. The van der Waals surface area contributed by atoms with Crippen LogP contribution >= 0.6 is 0 Å². The van der Waals surface area contributed by atoms with E-state index in [1.54, 1.807) is 0 Å². The van der Waals surface area contributed by atoms with Crippen molar-refractivity contribution in [3.05, 3.63) is 155 Å². The van der Waals surface area contributed by atoms with Crippen LogP contribution in [0, 0.1) is 0 Å². The third kappa shape index (κ3) is 2.90. The van der Waals surface area contributed by atoms with Gasteiger partial charge in [0.15, 0.2) is 0 Å². The van der Waals surface area contributed by atoms with E-state index in [-0.39, 0.29) is 0 Å². The minimum Gasteiger partial charge on any atom is -0.326 e. The Morgan fingerprint density at radius 3 is 1.67 bits per heavy atom. The Hall–Kier alpha value is -3.94. The third-order valence-corrected chi connectivity index (χ3v) is 6.97. The minimum atomic E-state index is -0.391. The van der Waals surface area contributed by atoms with Crippen molar-refractivity contribution in [2.75, 3.05) is 0 Å². The van der Waals surface area contributed by atoms with E-state index in [0.29, 0.717) is 6.54 Å². The van der Waals surface area contributed by atoms with Crippen LogP contribution in [0.5, 0.6) is 0 Å². The Labute approximate surface area is 195 Å². The Balaban J connectivity index is 1.77. The molecule has 0 aromatic heterocycles. The summed E-state index contributed by atoms with van der Waals surface area (Å²) in [6.07, 6.45) is 0. The Morgan fingerprint density at radius 2 is 1.03 bits per heavy atom. The fraction of sp³-hybridized carbons (Fsp3) is 0.0625. The molecule has 0 aliphatic heterocycles. The highest BCUT2D eigenvalue weighted by Crippen LogP contribution is 2.58. The maximum atomic E-state index is 5.88. The molecule has 1 aliphatic carbocycles. The molecule has 5 aromatic carbocycles. The SMILES string of the molecule is NCc1ccc(-c2cccc3c2C(c2ccccc2)(c2ccccc2)c2ccccc2-3)cc1. The van der Waals surface area contributed by atoms with Crippen LogP contribution in [0.25, 0.3) is 22.3 Å². The summed E-state index contributed by atoms with van der Waals surface area (Å²) in [6.45, 7) is 0.552. The molecule has 0 radical (unpaired) electrons. The zero-order chi connectivity index (χ0) is 22.3. The summed E-state index contributed by atoms with van der Waals surface area (Å²) in [7, 11) is 0. The van der Waals surface area contributed by atoms with Crippen LogP contribution < -0.4 is 5.73 Å². The Bertz CT molecular complexity index is 1380. The van der Waals surface area contributed by atoms with Gasteiger partial charge in [-0.15, -0.1) is 0 Å². The second-order valence-corrected chi connectivity index (χ2v) is 8.66. The largest absolute Gasteiger partial charge is 0.326 e. The molecule has 0 amide bonds. The number of hydrogen-bond acceptors (Lipinski definition) is 1. The van der Waals surface area contributed by atoms with Gasteiger partial charge in [-0.2, -0.15) is 0 Å². The highest BCUT2D eigenvalue weighted by atomic mass is 14.5. The third-order valence-electron chi connectivity index (χ3n) is 6.97. The molecule has 0 saturated carbocycles. The first-order valence-corrected chi connectivity index (χ1v) is 11.5. The molecule has 158 valence electrons. The van der Waals surface area contributed by atoms with Crippen LogP contribution in [-0.2, 0) is 12.0 Å². The van der Waals surface area contributed by atoms with Crippen LogP contribution in [0.2, 0.25) is 0 Å². The molecular formula is C32H25N. The lowest BCUT2D eigenvalue weighted by Crippen LogP contribution is -2.29. The van der Waals surface area contributed by atoms with Crippen molar-refractivity contribution in [2.45, 2.75) is 12.0 Å². The normalized spacial score (nSPS) is 13.4. The molecule has 0 atom stereocenters. The highest BCUT2D eigenvalue weighted by Gasteiger charge is 2.47. The van der Waals surface area contributed by atoms with Crippen molar-refractivity contribution in [2.24, 2.45) is 5.73 Å². The average molecular weight is 424 g/mol. The van der Waals surface area contributed by atoms with E-state index in [1.165, 1.54) is 44.5 Å². The van der Waals surface area contributed by atoms with Gasteiger partial charge in [-0.1, -0.05) is 127 Å². The van der Waals surface area contributed by atoms with Gasteiger partial charge in [0.05, 0.1) is 5.41 Å². The Morgan fingerprint density at radius 1 is 0.485 bits per heavy atom. The van der Waals surface area contributed by atoms with Gasteiger partial charge < -0.3 is 5.73 Å². The van der Waals surface area contributed by atoms with Crippen molar-refractivity contribution in [3.8, 4) is 22.3 Å². The molecule has 6 rings (SSSR count). The second-order valence-electron chi connectivity index (χ2n) is 8.66. The summed E-state index contributed by atoms with van der Waals surface area (Å²) in [5.74, 6) is 0. The lowest BCUT2D eigenvalue weighted by molar-refractivity contribution is 0.770. The number of hydrogen-bond donors (Lipinski definition) is 1. The molecule has 0 fully saturated rings. The van der Waals surface area contributed by atoms with Crippen LogP contribution in [0.1, 0.15) is 27.8 Å². The maximum Gasteiger partial charge on any atom is 0.0719 e. The average Bonchev–Trinajstić information content (AvgIpc) is 3.21. The number of nitrogens with two attached hydrogens (primary N) is 1. The van der Waals surface area contributed by atoms with E-state index in [9.17, 15) is 0 Å². The van der Waals surface area contributed by atoms with Crippen LogP contribution in [0.15, 0.2) is 127 Å². The molecule has 2 N–H and O–H groups in total. The van der Waals surface area contributed by atoms with Gasteiger partial charge in [0.1, 0.15) is 0 Å². The van der Waals surface area contributed by atoms with Crippen molar-refractivity contribution in [1.82, 2.24) is 0 Å². The topological polar surface area (TPSA) is 26.0 Å². The van der Waals surface area contributed by atoms with Gasteiger partial charge in [-0.3, -0.25) is 0 Å². The molecule has 5 aromatic rings. The lowest BCUT2D eigenvalue weighted by atomic mass is 9.66. The van der Waals surface area contributed by atoms with Gasteiger partial charge in [-0.05, 0) is 50.1 Å². The second kappa shape index (κ2) is 7.88. The fourth-order valence-corrected chi connectivity index (χ4v) is 5.56. The molecule has 0 heterocycles. The van der Waals surface area contributed by atoms with E-state index in [2.05, 4.69) is 127 Å². The molecular weight excluding hydrogens is 398 g/mol. The van der Waals surface area contributed by atoms with E-state index >= 15 is 0 Å². The minimum absolute atomic E-state index is 0.391. The number of fused-ring (bicyclic) bond motifs is 3. The molecule has 0 bridgehead atoms. The molecule has 33 heavy (non-hydrogen) atoms. The zero-order valence-electron chi connectivity index (χ0n) is 18.4. The molecule has 1 nitrogen and oxygen atoms in total. The van der Waals surface area contributed by atoms with Crippen LogP contribution in [-0.4, -0.2) is 0 Å². The monoisotopic (exact) mass is 423 g/mol. The van der Waals surface area contributed by atoms with Crippen molar-refractivity contribution < 1.29 is 0 Å². The van der Waals surface area contributed by atoms with Gasteiger partial charge in [0.25, 0.3) is 0 Å². The highest BCUT2D eigenvalue weighted by molar-refractivity contribution is 5.92. The van der Waals surface area contributed by atoms with Gasteiger partial charge in [-0.25, -0.2) is 0 Å². The quantitative estimate of drug-likeness (QED) is 0.319. The van der Waals surface area contributed by atoms with Crippen LogP contribution in [0.4, 0.5) is 0 Å². The van der Waals surface area contributed by atoms with Gasteiger partial charge in [0, 0.05) is 6.54 Å². The molecule has 1 heteroatoms. The fourth-order valence-electron chi connectivity index (χ4n) is 5.56. The summed E-state index contributed by atoms with van der Waals surface area (Å²) in [6, 6.07) is 46.2. The molecule has 1 aliphatic rings. The van der Waals surface area contributed by atoms with E-state index in [4.69, 9.17) is 5.73 Å². The predicted molar refractivity (Wildman–Crippen MR) is 137 cm³/mol. The van der Waals surface area contributed by atoms with Crippen molar-refractivity contribution in [3.63, 3.8) is 0 Å². The smallest absolute Gasteiger partial charge is 0.0719 e. The van der Waals surface area contributed by atoms with Crippen molar-refractivity contribution >= 4 is 0 Å². The summed E-state index contributed by atoms with van der Waals surface area (Å²) in [4.78, 5) is 0. The maximum absolute atomic E-state index is 5.88. The lowest BCUT2D eigenvalue weighted by Gasteiger charge is -2.35. The van der Waals surface area contributed by atoms with Crippen LogP contribution in [0.3, 0.4) is 0 Å². The Kier molecular flexibility index (Phi) is 4.71. The number of benzene rings is 5. The predicted octanol–water partition coefficient (Wildman–Crippen LogP) is 7.18. The molecule has 0 unspecified atom stereocenters. The van der Waals surface area contributed by atoms with Gasteiger partial charge >= 0.3 is 0 Å². The standard InChI is InChI=1S/C32H25N/c33-22-23-18-20-24(21-19-23)27-15-9-16-29-28-14-7-8-17-30(28)32(31(27)29,25-10-3-1-4-11-25)26-12-5-2-6-13-26/h1-21H,22,33H2. The molecule has 0 saturated heterocycles. The first-order valence-electron chi connectivity index (χ1n) is 11.5. The van der Waals surface area contributed by atoms with E-state index < -0.39 is 5.41 Å². The summed E-state index contributed by atoms with van der Waals surface area (Å²) in [5.41, 5.74) is 17.0. The summed E-state index contributed by atoms with van der Waals surface area (Å²) in [5, 5.41) is 0. The first kappa shape index (κ1) is 19.7. The first-order chi connectivity index (χ1) is 16.3. The van der Waals surface area contributed by atoms with Gasteiger partial charge in [0.2, 0.25) is 0 Å².